The lowest BCUT2D eigenvalue weighted by Gasteiger charge is -2.40. The van der Waals surface area contributed by atoms with Gasteiger partial charge in [-0.2, -0.15) is 4.52 Å². The van der Waals surface area contributed by atoms with E-state index >= 15 is 0 Å². The molecule has 3 heterocycles. The Balaban J connectivity index is 1.84. The van der Waals surface area contributed by atoms with Crippen molar-refractivity contribution < 1.29 is 5.11 Å². The van der Waals surface area contributed by atoms with Crippen LogP contribution in [-0.4, -0.2) is 37.7 Å². The highest BCUT2D eigenvalue weighted by atomic mass is 35.5. The fourth-order valence-electron chi connectivity index (χ4n) is 4.15. The molecular weight excluding hydrogens is 368 g/mol. The van der Waals surface area contributed by atoms with Gasteiger partial charge in [-0.1, -0.05) is 48.9 Å². The molecule has 1 aliphatic rings. The average Bonchev–Trinajstić information content (AvgIpc) is 3.05. The standard InChI is InChI=1S/C19H23ClN4OS/c1-11-7-12(2)10-23(9-11)16(14-5-4-6-15(20)8-14)17-18(25)24-19(26-17)21-13(3)22-24/h4-6,8,11-12,16,25H,7,9-10H2,1-3H3/t11-,12-,16-/m0/s1. The Labute approximate surface area is 162 Å². The van der Waals surface area contributed by atoms with Crippen LogP contribution in [-0.2, 0) is 0 Å². The molecule has 0 radical (unpaired) electrons. The van der Waals surface area contributed by atoms with E-state index in [0.29, 0.717) is 22.7 Å². The number of thiazole rings is 1. The van der Waals surface area contributed by atoms with Crippen LogP contribution in [0.15, 0.2) is 24.3 Å². The number of halogens is 1. The van der Waals surface area contributed by atoms with Gasteiger partial charge >= 0.3 is 0 Å². The summed E-state index contributed by atoms with van der Waals surface area (Å²) >= 11 is 7.79. The third-order valence-corrected chi connectivity index (χ3v) is 6.29. The first-order valence-corrected chi connectivity index (χ1v) is 10.2. The number of hydrogen-bond acceptors (Lipinski definition) is 5. The van der Waals surface area contributed by atoms with Crippen LogP contribution in [0.3, 0.4) is 0 Å². The van der Waals surface area contributed by atoms with Crippen LogP contribution in [0.2, 0.25) is 5.02 Å². The third kappa shape index (κ3) is 3.21. The van der Waals surface area contributed by atoms with Gasteiger partial charge in [0, 0.05) is 18.1 Å². The highest BCUT2D eigenvalue weighted by Crippen LogP contribution is 2.42. The number of benzene rings is 1. The number of hydrogen-bond donors (Lipinski definition) is 1. The van der Waals surface area contributed by atoms with Crippen molar-refractivity contribution in [2.45, 2.75) is 33.2 Å². The van der Waals surface area contributed by atoms with Gasteiger partial charge in [0.25, 0.3) is 0 Å². The molecule has 1 saturated heterocycles. The van der Waals surface area contributed by atoms with E-state index in [1.807, 2.05) is 25.1 Å². The van der Waals surface area contributed by atoms with Crippen LogP contribution in [0.1, 0.15) is 42.6 Å². The summed E-state index contributed by atoms with van der Waals surface area (Å²) in [5.41, 5.74) is 1.09. The van der Waals surface area contributed by atoms with Gasteiger partial charge in [0.05, 0.1) is 10.9 Å². The molecule has 138 valence electrons. The quantitative estimate of drug-likeness (QED) is 0.714. The molecule has 1 fully saturated rings. The number of aromatic nitrogens is 3. The summed E-state index contributed by atoms with van der Waals surface area (Å²) in [5.74, 6) is 2.08. The van der Waals surface area contributed by atoms with Gasteiger partial charge in [-0.25, -0.2) is 4.98 Å². The topological polar surface area (TPSA) is 53.7 Å². The summed E-state index contributed by atoms with van der Waals surface area (Å²) in [5, 5.41) is 15.9. The lowest BCUT2D eigenvalue weighted by molar-refractivity contribution is 0.112. The maximum atomic E-state index is 10.9. The van der Waals surface area contributed by atoms with Crippen LogP contribution in [0.5, 0.6) is 5.88 Å². The highest BCUT2D eigenvalue weighted by Gasteiger charge is 2.33. The second-order valence-electron chi connectivity index (χ2n) is 7.50. The smallest absolute Gasteiger partial charge is 0.230 e. The molecule has 4 rings (SSSR count). The van der Waals surface area contributed by atoms with Crippen LogP contribution < -0.4 is 0 Å². The number of nitrogens with zero attached hydrogens (tertiary/aromatic N) is 4. The van der Waals surface area contributed by atoms with Crippen molar-refractivity contribution in [1.29, 1.82) is 0 Å². The fourth-order valence-corrected chi connectivity index (χ4v) is 5.51. The van der Waals surface area contributed by atoms with E-state index in [0.717, 1.165) is 28.5 Å². The summed E-state index contributed by atoms with van der Waals surface area (Å²) in [6.07, 6.45) is 1.24. The molecule has 0 bridgehead atoms. The first-order chi connectivity index (χ1) is 12.4. The van der Waals surface area contributed by atoms with Gasteiger partial charge in [0.2, 0.25) is 10.8 Å². The Morgan fingerprint density at radius 1 is 1.27 bits per heavy atom. The molecule has 1 N–H and O–H groups in total. The van der Waals surface area contributed by atoms with Crippen LogP contribution >= 0.6 is 22.9 Å². The van der Waals surface area contributed by atoms with Crippen molar-refractivity contribution in [2.75, 3.05) is 13.1 Å². The molecule has 26 heavy (non-hydrogen) atoms. The zero-order valence-corrected chi connectivity index (χ0v) is 16.8. The van der Waals surface area contributed by atoms with Crippen LogP contribution in [0.25, 0.3) is 4.96 Å². The molecule has 5 nitrogen and oxygen atoms in total. The van der Waals surface area contributed by atoms with Gasteiger partial charge in [0.1, 0.15) is 5.82 Å². The Hall–Kier alpha value is -1.63. The van der Waals surface area contributed by atoms with E-state index in [4.69, 9.17) is 11.6 Å². The number of rotatable bonds is 3. The SMILES string of the molecule is Cc1nc2sc([C@H](c3cccc(Cl)c3)N3C[C@@H](C)C[C@H](C)C3)c(O)n2n1. The number of piperidine rings is 1. The van der Waals surface area contributed by atoms with E-state index in [9.17, 15) is 5.11 Å². The van der Waals surface area contributed by atoms with Crippen LogP contribution in [0.4, 0.5) is 0 Å². The molecule has 0 spiro atoms. The molecule has 0 aliphatic carbocycles. The Morgan fingerprint density at radius 2 is 2.00 bits per heavy atom. The molecule has 1 aliphatic heterocycles. The molecule has 3 atom stereocenters. The number of fused-ring (bicyclic) bond motifs is 1. The largest absolute Gasteiger partial charge is 0.492 e. The summed E-state index contributed by atoms with van der Waals surface area (Å²) in [6, 6.07) is 7.89. The van der Waals surface area contributed by atoms with Crippen molar-refractivity contribution in [2.24, 2.45) is 11.8 Å². The minimum Gasteiger partial charge on any atom is -0.492 e. The molecule has 3 aromatic rings. The van der Waals surface area contributed by atoms with E-state index < -0.39 is 0 Å². The van der Waals surface area contributed by atoms with Gasteiger partial charge in [-0.3, -0.25) is 4.90 Å². The molecule has 1 aromatic carbocycles. The van der Waals surface area contributed by atoms with Gasteiger partial charge in [0.15, 0.2) is 0 Å². The normalized spacial score (nSPS) is 22.8. The predicted molar refractivity (Wildman–Crippen MR) is 105 cm³/mol. The molecule has 0 saturated carbocycles. The maximum Gasteiger partial charge on any atom is 0.230 e. The van der Waals surface area contributed by atoms with Gasteiger partial charge in [-0.05, 0) is 42.9 Å². The fraction of sp³-hybridized carbons (Fsp3) is 0.474. The Morgan fingerprint density at radius 3 is 2.65 bits per heavy atom. The van der Waals surface area contributed by atoms with Crippen molar-refractivity contribution in [3.8, 4) is 5.88 Å². The van der Waals surface area contributed by atoms with Gasteiger partial charge < -0.3 is 5.11 Å². The Kier molecular flexibility index (Phi) is 4.67. The molecule has 2 aromatic heterocycles. The summed E-state index contributed by atoms with van der Waals surface area (Å²) < 4.78 is 1.55. The summed E-state index contributed by atoms with van der Waals surface area (Å²) in [6.45, 7) is 8.41. The van der Waals surface area contributed by atoms with Gasteiger partial charge in [-0.15, -0.1) is 5.10 Å². The first-order valence-electron chi connectivity index (χ1n) is 8.97. The minimum atomic E-state index is -0.0484. The predicted octanol–water partition coefficient (Wildman–Crippen LogP) is 4.53. The number of likely N-dealkylation sites (tertiary alicyclic amines) is 1. The highest BCUT2D eigenvalue weighted by molar-refractivity contribution is 7.17. The zero-order valence-electron chi connectivity index (χ0n) is 15.2. The van der Waals surface area contributed by atoms with E-state index in [1.54, 1.807) is 4.52 Å². The molecule has 7 heteroatoms. The lowest BCUT2D eigenvalue weighted by atomic mass is 9.89. The minimum absolute atomic E-state index is 0.0484. The molecule has 0 amide bonds. The maximum absolute atomic E-state index is 10.9. The first kappa shape index (κ1) is 17.8. The summed E-state index contributed by atoms with van der Waals surface area (Å²) in [7, 11) is 0. The summed E-state index contributed by atoms with van der Waals surface area (Å²) in [4.78, 5) is 8.49. The number of aromatic hydroxyl groups is 1. The second kappa shape index (κ2) is 6.83. The second-order valence-corrected chi connectivity index (χ2v) is 8.95. The van der Waals surface area contributed by atoms with E-state index in [-0.39, 0.29) is 11.9 Å². The lowest BCUT2D eigenvalue weighted by Crippen LogP contribution is -2.41. The van der Waals surface area contributed by atoms with E-state index in [1.165, 1.54) is 17.8 Å². The zero-order chi connectivity index (χ0) is 18.4. The monoisotopic (exact) mass is 390 g/mol. The average molecular weight is 391 g/mol. The van der Waals surface area contributed by atoms with Crippen molar-refractivity contribution in [1.82, 2.24) is 19.5 Å². The third-order valence-electron chi connectivity index (χ3n) is 4.98. The van der Waals surface area contributed by atoms with Crippen molar-refractivity contribution in [3.05, 3.63) is 45.6 Å². The number of aryl methyl sites for hydroxylation is 1. The van der Waals surface area contributed by atoms with E-state index in [2.05, 4.69) is 34.9 Å². The van der Waals surface area contributed by atoms with Crippen molar-refractivity contribution in [3.63, 3.8) is 0 Å². The van der Waals surface area contributed by atoms with Crippen LogP contribution in [0, 0.1) is 18.8 Å². The Bertz CT molecular complexity index is 927. The van der Waals surface area contributed by atoms with Crippen molar-refractivity contribution >= 4 is 27.9 Å². The molecule has 0 unspecified atom stereocenters. The molecular formula is C19H23ClN4OS.